The zero-order valence-electron chi connectivity index (χ0n) is 23.2. The van der Waals surface area contributed by atoms with Crippen LogP contribution in [0.15, 0.2) is 54.6 Å². The number of carbonyl (C=O) groups is 3. The van der Waals surface area contributed by atoms with Crippen LogP contribution in [0.25, 0.3) is 0 Å². The molecule has 2 aromatic rings. The average molecular weight is 524 g/mol. The van der Waals surface area contributed by atoms with Crippen molar-refractivity contribution < 1.29 is 24.2 Å². The first-order chi connectivity index (χ1) is 17.9. The molecule has 8 nitrogen and oxygen atoms in total. The van der Waals surface area contributed by atoms with Gasteiger partial charge in [0, 0.05) is 12.6 Å². The Labute approximate surface area is 225 Å². The molecule has 1 aliphatic rings. The number of phenols is 1. The lowest BCUT2D eigenvalue weighted by molar-refractivity contribution is -0.143. The number of rotatable bonds is 10. The predicted molar refractivity (Wildman–Crippen MR) is 146 cm³/mol. The second-order valence-corrected chi connectivity index (χ2v) is 11.6. The molecule has 0 radical (unpaired) electrons. The Morgan fingerprint density at radius 3 is 2.18 bits per heavy atom. The number of aromatic hydroxyl groups is 1. The van der Waals surface area contributed by atoms with Gasteiger partial charge in [-0.2, -0.15) is 0 Å². The average Bonchev–Trinajstić information content (AvgIpc) is 3.55. The number of nitrogens with zero attached hydrogens (tertiary/aromatic N) is 1. The van der Waals surface area contributed by atoms with Gasteiger partial charge in [-0.3, -0.25) is 9.59 Å². The van der Waals surface area contributed by atoms with Gasteiger partial charge < -0.3 is 25.4 Å². The van der Waals surface area contributed by atoms with Gasteiger partial charge in [0.15, 0.2) is 0 Å². The van der Waals surface area contributed by atoms with Gasteiger partial charge >= 0.3 is 6.09 Å². The molecule has 0 spiro atoms. The van der Waals surface area contributed by atoms with Gasteiger partial charge in [-0.1, -0.05) is 63.2 Å². The number of alkyl carbamates (subject to hydrolysis) is 1. The first kappa shape index (κ1) is 29.0. The summed E-state index contributed by atoms with van der Waals surface area (Å²) < 4.78 is 5.44. The lowest BCUT2D eigenvalue weighted by Gasteiger charge is -2.35. The van der Waals surface area contributed by atoms with Crippen LogP contribution in [0.1, 0.15) is 71.6 Å². The Bertz CT molecular complexity index is 1100. The van der Waals surface area contributed by atoms with Crippen molar-refractivity contribution in [1.82, 2.24) is 15.5 Å². The van der Waals surface area contributed by atoms with E-state index >= 15 is 0 Å². The highest BCUT2D eigenvalue weighted by Gasteiger charge is 2.48. The lowest BCUT2D eigenvalue weighted by atomic mass is 9.98. The third-order valence-corrected chi connectivity index (χ3v) is 6.42. The van der Waals surface area contributed by atoms with Crippen LogP contribution in [-0.4, -0.2) is 45.6 Å². The Morgan fingerprint density at radius 1 is 1.05 bits per heavy atom. The molecule has 3 amide bonds. The van der Waals surface area contributed by atoms with E-state index in [0.29, 0.717) is 18.5 Å². The second kappa shape index (κ2) is 12.3. The number of hydrogen-bond donors (Lipinski definition) is 3. The summed E-state index contributed by atoms with van der Waals surface area (Å²) in [5, 5.41) is 15.6. The number of benzene rings is 2. The van der Waals surface area contributed by atoms with E-state index in [1.54, 1.807) is 37.8 Å². The third kappa shape index (κ3) is 8.23. The second-order valence-electron chi connectivity index (χ2n) is 11.6. The summed E-state index contributed by atoms with van der Waals surface area (Å²) >= 11 is 0. The van der Waals surface area contributed by atoms with Crippen LogP contribution in [0.5, 0.6) is 5.75 Å². The third-order valence-electron chi connectivity index (χ3n) is 6.42. The predicted octanol–water partition coefficient (Wildman–Crippen LogP) is 4.93. The van der Waals surface area contributed by atoms with Gasteiger partial charge in [-0.05, 0) is 68.7 Å². The molecule has 4 atom stereocenters. The molecule has 1 saturated carbocycles. The molecule has 1 aliphatic carbocycles. The summed E-state index contributed by atoms with van der Waals surface area (Å²) in [5.41, 5.74) is 0.806. The number of nitrogens with one attached hydrogen (secondary N) is 2. The molecule has 0 heterocycles. The van der Waals surface area contributed by atoms with Crippen molar-refractivity contribution in [3.05, 3.63) is 65.7 Å². The Balaban J connectivity index is 1.95. The van der Waals surface area contributed by atoms with Crippen LogP contribution in [0.3, 0.4) is 0 Å². The highest BCUT2D eigenvalue weighted by molar-refractivity contribution is 5.92. The van der Waals surface area contributed by atoms with Gasteiger partial charge in [0.1, 0.15) is 23.4 Å². The molecule has 8 heteroatoms. The summed E-state index contributed by atoms with van der Waals surface area (Å²) in [6, 6.07) is 13.9. The molecule has 4 unspecified atom stereocenters. The van der Waals surface area contributed by atoms with Crippen LogP contribution in [-0.2, 0) is 20.9 Å². The van der Waals surface area contributed by atoms with E-state index in [1.165, 1.54) is 12.1 Å². The SMILES string of the molecule is CC(C)CC(NC(=O)OC(C)(C)C)C(=O)N(C(C(=O)NCc1ccccc1)c1ccc(O)cc1)C1CC1C. The van der Waals surface area contributed by atoms with E-state index in [-0.39, 0.29) is 35.4 Å². The van der Waals surface area contributed by atoms with Gasteiger partial charge in [0.2, 0.25) is 11.8 Å². The molecule has 0 saturated heterocycles. The fraction of sp³-hybridized carbons (Fsp3) is 0.500. The maximum atomic E-state index is 14.2. The highest BCUT2D eigenvalue weighted by Crippen LogP contribution is 2.41. The number of hydrogen-bond acceptors (Lipinski definition) is 5. The molecule has 2 aromatic carbocycles. The molecule has 0 aromatic heterocycles. The van der Waals surface area contributed by atoms with Crippen LogP contribution >= 0.6 is 0 Å². The highest BCUT2D eigenvalue weighted by atomic mass is 16.6. The van der Waals surface area contributed by atoms with Crippen LogP contribution in [0, 0.1) is 11.8 Å². The Morgan fingerprint density at radius 2 is 1.66 bits per heavy atom. The van der Waals surface area contributed by atoms with E-state index in [1.807, 2.05) is 51.1 Å². The minimum Gasteiger partial charge on any atom is -0.508 e. The fourth-order valence-electron chi connectivity index (χ4n) is 4.47. The van der Waals surface area contributed by atoms with Crippen molar-refractivity contribution in [2.75, 3.05) is 0 Å². The molecular formula is C30H41N3O5. The number of phenolic OH excluding ortho intramolecular Hbond substituents is 1. The summed E-state index contributed by atoms with van der Waals surface area (Å²) in [7, 11) is 0. The molecule has 0 aliphatic heterocycles. The lowest BCUT2D eigenvalue weighted by Crippen LogP contribution is -2.54. The van der Waals surface area contributed by atoms with Crippen molar-refractivity contribution in [3.63, 3.8) is 0 Å². The number of amides is 3. The standard InChI is InChI=1S/C30H41N3O5/c1-19(2)16-24(32-29(37)38-30(4,5)6)28(36)33(25-17-20(25)3)26(22-12-14-23(34)15-13-22)27(35)31-18-21-10-8-7-9-11-21/h7-15,19-20,24-26,34H,16-18H2,1-6H3,(H,31,35)(H,32,37). The van der Waals surface area contributed by atoms with Crippen molar-refractivity contribution in [2.24, 2.45) is 11.8 Å². The Hall–Kier alpha value is -3.55. The van der Waals surface area contributed by atoms with E-state index in [2.05, 4.69) is 10.6 Å². The molecule has 1 fully saturated rings. The summed E-state index contributed by atoms with van der Waals surface area (Å²) in [6.07, 6.45) is 0.478. The maximum absolute atomic E-state index is 14.2. The van der Waals surface area contributed by atoms with Gasteiger partial charge in [-0.25, -0.2) is 4.79 Å². The van der Waals surface area contributed by atoms with E-state index in [0.717, 1.165) is 12.0 Å². The summed E-state index contributed by atoms with van der Waals surface area (Å²) in [6.45, 7) is 11.6. The van der Waals surface area contributed by atoms with Crippen LogP contribution in [0.2, 0.25) is 0 Å². The minimum absolute atomic E-state index is 0.0686. The molecule has 38 heavy (non-hydrogen) atoms. The Kier molecular flexibility index (Phi) is 9.41. The topological polar surface area (TPSA) is 108 Å². The van der Waals surface area contributed by atoms with Gasteiger partial charge in [0.25, 0.3) is 0 Å². The minimum atomic E-state index is -0.933. The monoisotopic (exact) mass is 523 g/mol. The molecule has 3 rings (SSSR count). The smallest absolute Gasteiger partial charge is 0.408 e. The zero-order chi connectivity index (χ0) is 28.0. The first-order valence-corrected chi connectivity index (χ1v) is 13.3. The normalized spacial score (nSPS) is 18.3. The molecule has 206 valence electrons. The fourth-order valence-corrected chi connectivity index (χ4v) is 4.47. The van der Waals surface area contributed by atoms with Crippen molar-refractivity contribution in [3.8, 4) is 5.75 Å². The van der Waals surface area contributed by atoms with E-state index in [4.69, 9.17) is 4.74 Å². The summed E-state index contributed by atoms with van der Waals surface area (Å²) in [4.78, 5) is 42.3. The first-order valence-electron chi connectivity index (χ1n) is 13.3. The van der Waals surface area contributed by atoms with Crippen LogP contribution < -0.4 is 10.6 Å². The van der Waals surface area contributed by atoms with Crippen LogP contribution in [0.4, 0.5) is 4.79 Å². The molecule has 0 bridgehead atoms. The quantitative estimate of drug-likeness (QED) is 0.409. The largest absolute Gasteiger partial charge is 0.508 e. The van der Waals surface area contributed by atoms with E-state index < -0.39 is 23.8 Å². The molecular weight excluding hydrogens is 482 g/mol. The summed E-state index contributed by atoms with van der Waals surface area (Å²) in [5.74, 6) is -0.267. The van der Waals surface area contributed by atoms with Crippen molar-refractivity contribution in [2.45, 2.75) is 84.7 Å². The molecule has 3 N–H and O–H groups in total. The van der Waals surface area contributed by atoms with Gasteiger partial charge in [0.05, 0.1) is 0 Å². The van der Waals surface area contributed by atoms with Crippen molar-refractivity contribution in [1.29, 1.82) is 0 Å². The zero-order valence-corrected chi connectivity index (χ0v) is 23.2. The number of carbonyl (C=O) groups excluding carboxylic acids is 3. The number of ether oxygens (including phenoxy) is 1. The maximum Gasteiger partial charge on any atom is 0.408 e. The van der Waals surface area contributed by atoms with Gasteiger partial charge in [-0.15, -0.1) is 0 Å². The van der Waals surface area contributed by atoms with Crippen molar-refractivity contribution >= 4 is 17.9 Å². The van der Waals surface area contributed by atoms with E-state index in [9.17, 15) is 19.5 Å².